The molecule has 1 aromatic carbocycles. The lowest BCUT2D eigenvalue weighted by Gasteiger charge is -2.41. The fourth-order valence-corrected chi connectivity index (χ4v) is 9.47. The van der Waals surface area contributed by atoms with E-state index in [0.29, 0.717) is 37.4 Å². The predicted molar refractivity (Wildman–Crippen MR) is 239 cm³/mol. The Labute approximate surface area is 366 Å². The third-order valence-corrected chi connectivity index (χ3v) is 13.8. The van der Waals surface area contributed by atoms with Gasteiger partial charge in [-0.2, -0.15) is 0 Å². The highest BCUT2D eigenvalue weighted by Gasteiger charge is 2.43. The first-order chi connectivity index (χ1) is 28.5. The number of carbonyl (C=O) groups is 5. The zero-order valence-corrected chi connectivity index (χ0v) is 40.5. The van der Waals surface area contributed by atoms with E-state index in [0.717, 1.165) is 6.42 Å². The number of aliphatic hydroxyl groups is 1. The van der Waals surface area contributed by atoms with Crippen LogP contribution in [0.5, 0.6) is 0 Å². The van der Waals surface area contributed by atoms with E-state index < -0.39 is 68.7 Å². The zero-order chi connectivity index (χ0) is 46.4. The smallest absolute Gasteiger partial charge is 0.410 e. The fourth-order valence-electron chi connectivity index (χ4n) is 8.46. The van der Waals surface area contributed by atoms with Crippen molar-refractivity contribution in [2.75, 3.05) is 41.5 Å². The summed E-state index contributed by atoms with van der Waals surface area (Å²) in [5.74, 6) is -2.69. The van der Waals surface area contributed by atoms with Crippen molar-refractivity contribution in [3.8, 4) is 0 Å². The molecule has 0 aliphatic carbocycles. The average molecular weight is 878 g/mol. The van der Waals surface area contributed by atoms with E-state index in [-0.39, 0.29) is 54.5 Å². The van der Waals surface area contributed by atoms with Crippen molar-refractivity contribution in [2.24, 2.45) is 23.7 Å². The second-order valence-corrected chi connectivity index (χ2v) is 22.4. The Kier molecular flexibility index (Phi) is 21.9. The van der Waals surface area contributed by atoms with Crippen molar-refractivity contribution in [3.63, 3.8) is 0 Å². The van der Waals surface area contributed by atoms with Crippen LogP contribution in [0.3, 0.4) is 0 Å². The van der Waals surface area contributed by atoms with E-state index in [1.165, 1.54) is 26.2 Å². The number of hydrogen-bond donors (Lipinski definition) is 4. The number of likely N-dealkylation sites (N-methyl/N-ethyl adjacent to an activating group) is 2. The first kappa shape index (κ1) is 53.6. The minimum Gasteiger partial charge on any atom is -0.449 e. The quantitative estimate of drug-likeness (QED) is 0.0817. The molecule has 1 fully saturated rings. The maximum atomic E-state index is 14.5. The molecule has 2 rings (SSSR count). The van der Waals surface area contributed by atoms with Crippen LogP contribution >= 0.6 is 0 Å². The maximum absolute atomic E-state index is 14.5. The van der Waals surface area contributed by atoms with E-state index in [9.17, 15) is 33.9 Å². The first-order valence-electron chi connectivity index (χ1n) is 22.1. The van der Waals surface area contributed by atoms with E-state index in [1.807, 2.05) is 72.8 Å². The summed E-state index contributed by atoms with van der Waals surface area (Å²) in [6.07, 6.45) is -0.360. The van der Waals surface area contributed by atoms with Gasteiger partial charge in [0, 0.05) is 34.9 Å². The van der Waals surface area contributed by atoms with Gasteiger partial charge in [0.2, 0.25) is 23.6 Å². The van der Waals surface area contributed by atoms with Crippen molar-refractivity contribution < 1.29 is 48.1 Å². The van der Waals surface area contributed by atoms with Crippen LogP contribution in [-0.4, -0.2) is 147 Å². The molecule has 1 saturated heterocycles. The lowest BCUT2D eigenvalue weighted by atomic mass is 9.89. The average Bonchev–Trinajstić information content (AvgIpc) is 3.70. The number of carbonyl (C=O) groups excluding carboxylic acids is 5. The molecule has 61 heavy (non-hydrogen) atoms. The van der Waals surface area contributed by atoms with Crippen molar-refractivity contribution in [1.29, 1.82) is 0 Å². The standard InChI is InChI=1S/C45H79N5O10Si/c1-15-30(6)39(48(9)44(55)37(28(2)3)47-43(54)38(29(4)5)49(10)45(56)60-25-20-26-61(13,14)57)35(58-11)27-36(51)50-24-19-23-34(50)41(59-12)31(7)42(53)46-32(8)40(52)33-21-17-16-18-22-33/h16-18,21-22,28-32,34-35,37-41,52,57H,15,19-20,23-27H2,1-14H3,(H,46,53)(H,47,54)/t30-,31+,32+,34-,35+,37-,38-,39-,40+,41-/m0/s1. The number of aliphatic hydroxyl groups excluding tert-OH is 1. The largest absolute Gasteiger partial charge is 0.449 e. The molecule has 348 valence electrons. The predicted octanol–water partition coefficient (Wildman–Crippen LogP) is 4.97. The summed E-state index contributed by atoms with van der Waals surface area (Å²) in [5.41, 5.74) is 0.693. The van der Waals surface area contributed by atoms with Gasteiger partial charge in [-0.05, 0) is 68.6 Å². The molecule has 15 nitrogen and oxygen atoms in total. The van der Waals surface area contributed by atoms with Gasteiger partial charge in [0.15, 0.2) is 8.32 Å². The molecule has 0 aromatic heterocycles. The number of hydrogen-bond acceptors (Lipinski definition) is 10. The Morgan fingerprint density at radius 3 is 2.05 bits per heavy atom. The lowest BCUT2D eigenvalue weighted by molar-refractivity contribution is -0.148. The molecule has 0 radical (unpaired) electrons. The highest BCUT2D eigenvalue weighted by Crippen LogP contribution is 2.30. The minimum absolute atomic E-state index is 0.0318. The summed E-state index contributed by atoms with van der Waals surface area (Å²) in [6.45, 7) is 19.1. The van der Waals surface area contributed by atoms with Gasteiger partial charge in [0.25, 0.3) is 0 Å². The van der Waals surface area contributed by atoms with Gasteiger partial charge in [0.05, 0.1) is 55.4 Å². The molecule has 1 aliphatic rings. The topological polar surface area (TPSA) is 187 Å². The van der Waals surface area contributed by atoms with E-state index >= 15 is 0 Å². The van der Waals surface area contributed by atoms with Crippen LogP contribution in [0.1, 0.15) is 99.2 Å². The second kappa shape index (κ2) is 24.9. The zero-order valence-electron chi connectivity index (χ0n) is 39.5. The van der Waals surface area contributed by atoms with Gasteiger partial charge >= 0.3 is 6.09 Å². The molecular formula is C45H79N5O10Si. The Balaban J connectivity index is 2.25. The summed E-state index contributed by atoms with van der Waals surface area (Å²) in [7, 11) is 3.95. The summed E-state index contributed by atoms with van der Waals surface area (Å²) in [4.78, 5) is 84.0. The molecule has 5 amide bonds. The van der Waals surface area contributed by atoms with Gasteiger partial charge in [-0.1, -0.05) is 85.2 Å². The summed E-state index contributed by atoms with van der Waals surface area (Å²) in [6, 6.07) is 6.34. The molecule has 10 atom stereocenters. The van der Waals surface area contributed by atoms with Crippen LogP contribution in [0.4, 0.5) is 4.79 Å². The monoisotopic (exact) mass is 878 g/mol. The molecular weight excluding hydrogens is 799 g/mol. The number of nitrogens with one attached hydrogen (secondary N) is 2. The number of methoxy groups -OCH3 is 2. The number of amides is 5. The van der Waals surface area contributed by atoms with E-state index in [2.05, 4.69) is 10.6 Å². The first-order valence-corrected chi connectivity index (χ1v) is 25.2. The fraction of sp³-hybridized carbons (Fsp3) is 0.756. The molecule has 1 heterocycles. The Hall–Kier alpha value is -3.57. The van der Waals surface area contributed by atoms with Gasteiger partial charge in [0.1, 0.15) is 12.1 Å². The van der Waals surface area contributed by atoms with Crippen LogP contribution in [-0.2, 0) is 33.4 Å². The lowest BCUT2D eigenvalue weighted by Crippen LogP contribution is -2.60. The number of likely N-dealkylation sites (tertiary alicyclic amines) is 1. The van der Waals surface area contributed by atoms with Crippen LogP contribution in [0, 0.1) is 23.7 Å². The maximum Gasteiger partial charge on any atom is 0.410 e. The normalized spacial score (nSPS) is 18.9. The Morgan fingerprint density at radius 2 is 1.52 bits per heavy atom. The number of benzene rings is 1. The van der Waals surface area contributed by atoms with Gasteiger partial charge < -0.3 is 44.5 Å². The van der Waals surface area contributed by atoms with Gasteiger partial charge in [-0.25, -0.2) is 4.79 Å². The summed E-state index contributed by atoms with van der Waals surface area (Å²) >= 11 is 0. The molecule has 16 heteroatoms. The summed E-state index contributed by atoms with van der Waals surface area (Å²) in [5, 5.41) is 16.8. The highest BCUT2D eigenvalue weighted by atomic mass is 28.4. The SMILES string of the molecule is CC[C@H](C)[C@@H]([C@@H](CC(=O)N1CCC[C@H]1[C@@H](OC)[C@@H](C)C(=O)N[C@H](C)[C@@H](O)c1ccccc1)OC)N(C)C(=O)[C@@H](NC(=O)[C@H](C(C)C)N(C)C(=O)OCCC[Si](C)(C)O)C(C)C. The molecule has 0 unspecified atom stereocenters. The highest BCUT2D eigenvalue weighted by molar-refractivity contribution is 6.69. The van der Waals surface area contributed by atoms with Crippen molar-refractivity contribution in [1.82, 2.24) is 25.3 Å². The Morgan fingerprint density at radius 1 is 0.902 bits per heavy atom. The number of ether oxygens (including phenoxy) is 3. The van der Waals surface area contributed by atoms with Gasteiger partial charge in [-0.15, -0.1) is 0 Å². The third kappa shape index (κ3) is 15.3. The Bertz CT molecular complexity index is 1540. The van der Waals surface area contributed by atoms with Crippen LogP contribution in [0.15, 0.2) is 30.3 Å². The molecule has 0 bridgehead atoms. The molecule has 1 aromatic rings. The minimum atomic E-state index is -2.29. The van der Waals surface area contributed by atoms with Crippen LogP contribution in [0.2, 0.25) is 19.1 Å². The molecule has 4 N–H and O–H groups in total. The molecule has 1 aliphatic heterocycles. The van der Waals surface area contributed by atoms with E-state index in [4.69, 9.17) is 14.2 Å². The van der Waals surface area contributed by atoms with E-state index in [1.54, 1.807) is 42.8 Å². The van der Waals surface area contributed by atoms with Crippen LogP contribution in [0.25, 0.3) is 0 Å². The number of rotatable bonds is 24. The molecule has 0 spiro atoms. The second-order valence-electron chi connectivity index (χ2n) is 18.3. The van der Waals surface area contributed by atoms with Crippen molar-refractivity contribution in [2.45, 2.75) is 155 Å². The summed E-state index contributed by atoms with van der Waals surface area (Å²) < 4.78 is 17.4. The number of nitrogens with zero attached hydrogens (tertiary/aromatic N) is 3. The van der Waals surface area contributed by atoms with Crippen molar-refractivity contribution >= 4 is 38.0 Å². The van der Waals surface area contributed by atoms with Crippen molar-refractivity contribution in [3.05, 3.63) is 35.9 Å². The molecule has 0 saturated carbocycles. The third-order valence-electron chi connectivity index (χ3n) is 12.2. The van der Waals surface area contributed by atoms with Crippen LogP contribution < -0.4 is 10.6 Å². The van der Waals surface area contributed by atoms with Gasteiger partial charge in [-0.3, -0.25) is 24.1 Å².